The predicted octanol–water partition coefficient (Wildman–Crippen LogP) is 4.92. The number of nitrogens with zero attached hydrogens (tertiary/aromatic N) is 2. The number of hydrogen-bond donors (Lipinski definition) is 1. The van der Waals surface area contributed by atoms with Crippen LogP contribution in [0.1, 0.15) is 45.2 Å². The highest BCUT2D eigenvalue weighted by Gasteiger charge is 2.34. The average molecular weight is 566 g/mol. The second-order valence-electron chi connectivity index (χ2n) is 9.67. The monoisotopic (exact) mass is 565 g/mol. The first-order chi connectivity index (χ1) is 19.1. The lowest BCUT2D eigenvalue weighted by atomic mass is 10.1. The van der Waals surface area contributed by atoms with Gasteiger partial charge in [-0.1, -0.05) is 61.5 Å². The molecule has 0 aromatic heterocycles. The van der Waals surface area contributed by atoms with Crippen molar-refractivity contribution >= 4 is 27.5 Å². The minimum Gasteiger partial charge on any atom is -0.492 e. The first kappa shape index (κ1) is 30.7. The SMILES string of the molecule is CCOc1ccccc1N(CC(=O)N(Cc1ccccc1C)[C@H](C)C(=O)N[C@H](C)CC)S(=O)(=O)c1ccccc1. The first-order valence-corrected chi connectivity index (χ1v) is 15.0. The lowest BCUT2D eigenvalue weighted by Gasteiger charge is -2.33. The Morgan fingerprint density at radius 1 is 0.900 bits per heavy atom. The van der Waals surface area contributed by atoms with Gasteiger partial charge in [-0.25, -0.2) is 8.42 Å². The van der Waals surface area contributed by atoms with Crippen molar-refractivity contribution in [2.24, 2.45) is 0 Å². The molecule has 3 aromatic carbocycles. The molecule has 0 aliphatic rings. The smallest absolute Gasteiger partial charge is 0.264 e. The first-order valence-electron chi connectivity index (χ1n) is 13.5. The second kappa shape index (κ2) is 14.0. The minimum atomic E-state index is -4.17. The molecule has 8 nitrogen and oxygen atoms in total. The highest BCUT2D eigenvalue weighted by molar-refractivity contribution is 7.92. The highest BCUT2D eigenvalue weighted by atomic mass is 32.2. The van der Waals surface area contributed by atoms with Gasteiger partial charge < -0.3 is 15.0 Å². The summed E-state index contributed by atoms with van der Waals surface area (Å²) in [6, 6.07) is 21.4. The van der Waals surface area contributed by atoms with E-state index < -0.39 is 28.5 Å². The summed E-state index contributed by atoms with van der Waals surface area (Å²) >= 11 is 0. The lowest BCUT2D eigenvalue weighted by Crippen LogP contribution is -2.52. The zero-order valence-electron chi connectivity index (χ0n) is 23.8. The van der Waals surface area contributed by atoms with Crippen LogP contribution in [-0.2, 0) is 26.2 Å². The Labute approximate surface area is 238 Å². The van der Waals surface area contributed by atoms with Gasteiger partial charge in [-0.3, -0.25) is 13.9 Å². The summed E-state index contributed by atoms with van der Waals surface area (Å²) in [5.41, 5.74) is 2.07. The van der Waals surface area contributed by atoms with E-state index in [1.807, 2.05) is 45.0 Å². The Hall–Kier alpha value is -3.85. The van der Waals surface area contributed by atoms with Gasteiger partial charge in [0.1, 0.15) is 18.3 Å². The number of sulfonamides is 1. The number of para-hydroxylation sites is 2. The summed E-state index contributed by atoms with van der Waals surface area (Å²) in [4.78, 5) is 28.8. The fraction of sp³-hybridized carbons (Fsp3) is 0.355. The molecule has 0 spiro atoms. The number of hydrogen-bond acceptors (Lipinski definition) is 5. The van der Waals surface area contributed by atoms with Gasteiger partial charge in [-0.2, -0.15) is 0 Å². The summed E-state index contributed by atoms with van der Waals surface area (Å²) in [6.07, 6.45) is 0.738. The third-order valence-electron chi connectivity index (χ3n) is 6.81. The van der Waals surface area contributed by atoms with Gasteiger partial charge in [0.2, 0.25) is 11.8 Å². The largest absolute Gasteiger partial charge is 0.492 e. The molecule has 214 valence electrons. The molecule has 2 atom stereocenters. The zero-order valence-corrected chi connectivity index (χ0v) is 24.6. The van der Waals surface area contributed by atoms with Crippen LogP contribution < -0.4 is 14.4 Å². The van der Waals surface area contributed by atoms with Crippen LogP contribution in [0.5, 0.6) is 5.75 Å². The quantitative estimate of drug-likeness (QED) is 0.317. The van der Waals surface area contributed by atoms with E-state index in [9.17, 15) is 18.0 Å². The standard InChI is InChI=1S/C31H39N3O5S/c1-6-24(4)32-31(36)25(5)33(21-26-16-12-11-15-23(26)3)30(35)22-34(28-19-13-14-20-29(28)39-7-2)40(37,38)27-17-9-8-10-18-27/h8-20,24-25H,6-7,21-22H2,1-5H3,(H,32,36)/t24-,25-/m1/s1. The number of carbonyl (C=O) groups excluding carboxylic acids is 2. The fourth-order valence-corrected chi connectivity index (χ4v) is 5.64. The molecule has 1 N–H and O–H groups in total. The van der Waals surface area contributed by atoms with Crippen molar-refractivity contribution in [1.82, 2.24) is 10.2 Å². The van der Waals surface area contributed by atoms with Crippen molar-refractivity contribution in [3.8, 4) is 5.75 Å². The van der Waals surface area contributed by atoms with Crippen molar-refractivity contribution in [3.63, 3.8) is 0 Å². The molecule has 2 amide bonds. The van der Waals surface area contributed by atoms with Gasteiger partial charge >= 0.3 is 0 Å². The zero-order chi connectivity index (χ0) is 29.3. The van der Waals surface area contributed by atoms with Crippen molar-refractivity contribution < 1.29 is 22.7 Å². The van der Waals surface area contributed by atoms with E-state index in [1.165, 1.54) is 17.0 Å². The summed E-state index contributed by atoms with van der Waals surface area (Å²) < 4.78 is 34.8. The third-order valence-corrected chi connectivity index (χ3v) is 8.59. The van der Waals surface area contributed by atoms with Gasteiger partial charge in [0.05, 0.1) is 17.2 Å². The van der Waals surface area contributed by atoms with Gasteiger partial charge in [-0.05, 0) is 69.5 Å². The number of benzene rings is 3. The van der Waals surface area contributed by atoms with Crippen molar-refractivity contribution in [2.45, 2.75) is 64.6 Å². The van der Waals surface area contributed by atoms with Crippen LogP contribution in [-0.4, -0.2) is 50.4 Å². The average Bonchev–Trinajstić information content (AvgIpc) is 2.96. The highest BCUT2D eigenvalue weighted by Crippen LogP contribution is 2.33. The maximum atomic E-state index is 14.1. The number of ether oxygens (including phenoxy) is 1. The minimum absolute atomic E-state index is 0.0436. The molecule has 0 radical (unpaired) electrons. The topological polar surface area (TPSA) is 96.0 Å². The summed E-state index contributed by atoms with van der Waals surface area (Å²) in [5, 5.41) is 2.95. The number of rotatable bonds is 13. The van der Waals surface area contributed by atoms with Crippen LogP contribution in [0.3, 0.4) is 0 Å². The number of anilines is 1. The third kappa shape index (κ3) is 7.41. The van der Waals surface area contributed by atoms with Gasteiger partial charge in [0.15, 0.2) is 0 Å². The molecule has 0 saturated carbocycles. The molecule has 0 aliphatic heterocycles. The van der Waals surface area contributed by atoms with Gasteiger partial charge in [0.25, 0.3) is 10.0 Å². The normalized spacial score (nSPS) is 12.7. The second-order valence-corrected chi connectivity index (χ2v) is 11.5. The van der Waals surface area contributed by atoms with Crippen LogP contribution in [0, 0.1) is 6.92 Å². The molecule has 0 unspecified atom stereocenters. The van der Waals surface area contributed by atoms with E-state index in [4.69, 9.17) is 4.74 Å². The number of nitrogens with one attached hydrogen (secondary N) is 1. The molecule has 0 bridgehead atoms. The van der Waals surface area contributed by atoms with E-state index >= 15 is 0 Å². The Bertz CT molecular complexity index is 1390. The summed E-state index contributed by atoms with van der Waals surface area (Å²) in [5.74, 6) is -0.477. The molecule has 40 heavy (non-hydrogen) atoms. The molecule has 0 heterocycles. The van der Waals surface area contributed by atoms with Crippen molar-refractivity contribution in [2.75, 3.05) is 17.5 Å². The van der Waals surface area contributed by atoms with Crippen LogP contribution in [0.2, 0.25) is 0 Å². The van der Waals surface area contributed by atoms with Crippen molar-refractivity contribution in [1.29, 1.82) is 0 Å². The maximum Gasteiger partial charge on any atom is 0.264 e. The molecule has 3 rings (SSSR count). The number of amides is 2. The Balaban J connectivity index is 2.07. The van der Waals surface area contributed by atoms with Crippen LogP contribution in [0.15, 0.2) is 83.8 Å². The van der Waals surface area contributed by atoms with Crippen LogP contribution >= 0.6 is 0 Å². The molecular formula is C31H39N3O5S. The van der Waals surface area contributed by atoms with Gasteiger partial charge in [0, 0.05) is 12.6 Å². The lowest BCUT2D eigenvalue weighted by molar-refractivity contribution is -0.139. The van der Waals surface area contributed by atoms with Crippen molar-refractivity contribution in [3.05, 3.63) is 90.0 Å². The van der Waals surface area contributed by atoms with E-state index in [1.54, 1.807) is 56.3 Å². The van der Waals surface area contributed by atoms with Crippen LogP contribution in [0.4, 0.5) is 5.69 Å². The Kier molecular flexibility index (Phi) is 10.7. The van der Waals surface area contributed by atoms with Gasteiger partial charge in [-0.15, -0.1) is 0 Å². The van der Waals surface area contributed by atoms with E-state index in [-0.39, 0.29) is 29.1 Å². The molecule has 0 aliphatic carbocycles. The number of carbonyl (C=O) groups is 2. The molecule has 0 saturated heterocycles. The predicted molar refractivity (Wildman–Crippen MR) is 158 cm³/mol. The summed E-state index contributed by atoms with van der Waals surface area (Å²) in [6.45, 7) is 9.21. The number of aryl methyl sites for hydroxylation is 1. The van der Waals surface area contributed by atoms with E-state index in [0.29, 0.717) is 12.4 Å². The Morgan fingerprint density at radius 3 is 2.17 bits per heavy atom. The van der Waals surface area contributed by atoms with E-state index in [0.717, 1.165) is 21.9 Å². The molecule has 3 aromatic rings. The molecular weight excluding hydrogens is 526 g/mol. The maximum absolute atomic E-state index is 14.1. The Morgan fingerprint density at radius 2 is 1.52 bits per heavy atom. The molecule has 9 heteroatoms. The molecule has 0 fully saturated rings. The fourth-order valence-electron chi connectivity index (χ4n) is 4.19. The van der Waals surface area contributed by atoms with Crippen LogP contribution in [0.25, 0.3) is 0 Å². The summed E-state index contributed by atoms with van der Waals surface area (Å²) in [7, 11) is -4.17. The van der Waals surface area contributed by atoms with E-state index in [2.05, 4.69) is 5.32 Å².